The average Bonchev–Trinajstić information content (AvgIpc) is 2.55. The van der Waals surface area contributed by atoms with Crippen molar-refractivity contribution in [3.05, 3.63) is 70.8 Å². The molecule has 2 heteroatoms. The van der Waals surface area contributed by atoms with E-state index in [4.69, 9.17) is 5.73 Å². The molecule has 2 N–H and O–H groups in total. The Labute approximate surface area is 114 Å². The molecule has 1 nitrogen and oxygen atoms in total. The lowest BCUT2D eigenvalue weighted by Gasteiger charge is -2.18. The van der Waals surface area contributed by atoms with E-state index in [9.17, 15) is 0 Å². The Balaban J connectivity index is 0.00000120. The van der Waals surface area contributed by atoms with Crippen LogP contribution in [-0.4, -0.2) is 6.54 Å². The maximum absolute atomic E-state index is 6.00. The van der Waals surface area contributed by atoms with Gasteiger partial charge in [0.2, 0.25) is 0 Å². The molecule has 3 rings (SSSR count). The van der Waals surface area contributed by atoms with Crippen molar-refractivity contribution in [2.24, 2.45) is 5.73 Å². The second-order valence-electron chi connectivity index (χ2n) is 4.69. The fourth-order valence-corrected chi connectivity index (χ4v) is 2.89. The van der Waals surface area contributed by atoms with Gasteiger partial charge in [-0.3, -0.25) is 0 Å². The second kappa shape index (κ2) is 5.55. The van der Waals surface area contributed by atoms with Gasteiger partial charge in [0.05, 0.1) is 0 Å². The summed E-state index contributed by atoms with van der Waals surface area (Å²) in [6, 6.07) is 17.4. The van der Waals surface area contributed by atoms with E-state index in [1.54, 1.807) is 0 Å². The molecule has 0 unspecified atom stereocenters. The van der Waals surface area contributed by atoms with Crippen LogP contribution in [0, 0.1) is 0 Å². The SMILES string of the molecule is Cl.NCC1c2ccccc2CCc2ccccc21. The zero-order valence-corrected chi connectivity index (χ0v) is 11.1. The van der Waals surface area contributed by atoms with E-state index in [1.807, 2.05) is 0 Å². The number of aryl methyl sites for hydroxylation is 2. The van der Waals surface area contributed by atoms with Crippen LogP contribution in [0.1, 0.15) is 28.2 Å². The molecule has 0 bridgehead atoms. The Morgan fingerprint density at radius 1 is 0.833 bits per heavy atom. The number of rotatable bonds is 1. The Morgan fingerprint density at radius 2 is 1.28 bits per heavy atom. The monoisotopic (exact) mass is 259 g/mol. The van der Waals surface area contributed by atoms with Crippen LogP contribution in [0.2, 0.25) is 0 Å². The maximum atomic E-state index is 6.00. The number of halogens is 1. The third-order valence-electron chi connectivity index (χ3n) is 3.76. The van der Waals surface area contributed by atoms with Crippen LogP contribution >= 0.6 is 12.4 Å². The molecule has 94 valence electrons. The van der Waals surface area contributed by atoms with Crippen LogP contribution in [0.4, 0.5) is 0 Å². The van der Waals surface area contributed by atoms with Crippen molar-refractivity contribution >= 4 is 12.4 Å². The van der Waals surface area contributed by atoms with Gasteiger partial charge in [0.1, 0.15) is 0 Å². The van der Waals surface area contributed by atoms with Crippen LogP contribution in [0.3, 0.4) is 0 Å². The molecule has 2 aromatic carbocycles. The number of nitrogens with two attached hydrogens (primary N) is 1. The molecule has 0 spiro atoms. The van der Waals surface area contributed by atoms with Gasteiger partial charge < -0.3 is 5.73 Å². The van der Waals surface area contributed by atoms with Crippen LogP contribution < -0.4 is 5.73 Å². The summed E-state index contributed by atoms with van der Waals surface area (Å²) >= 11 is 0. The minimum absolute atomic E-state index is 0. The fraction of sp³-hybridized carbons (Fsp3) is 0.250. The first-order valence-electron chi connectivity index (χ1n) is 6.26. The van der Waals surface area contributed by atoms with Crippen molar-refractivity contribution in [3.8, 4) is 0 Å². The molecule has 0 saturated carbocycles. The molecule has 0 aromatic heterocycles. The molecule has 1 aliphatic rings. The quantitative estimate of drug-likeness (QED) is 0.836. The smallest absolute Gasteiger partial charge is 0.0217 e. The zero-order valence-electron chi connectivity index (χ0n) is 10.3. The molecule has 2 aromatic rings. The van der Waals surface area contributed by atoms with E-state index in [1.165, 1.54) is 22.3 Å². The number of fused-ring (bicyclic) bond motifs is 2. The van der Waals surface area contributed by atoms with Crippen LogP contribution in [-0.2, 0) is 12.8 Å². The van der Waals surface area contributed by atoms with E-state index >= 15 is 0 Å². The summed E-state index contributed by atoms with van der Waals surface area (Å²) in [5.41, 5.74) is 11.8. The van der Waals surface area contributed by atoms with Crippen molar-refractivity contribution < 1.29 is 0 Å². The third-order valence-corrected chi connectivity index (χ3v) is 3.76. The molecule has 0 radical (unpaired) electrons. The summed E-state index contributed by atoms with van der Waals surface area (Å²) in [4.78, 5) is 0. The van der Waals surface area contributed by atoms with Gasteiger partial charge in [-0.1, -0.05) is 48.5 Å². The first kappa shape index (κ1) is 13.1. The normalized spacial score (nSPS) is 14.1. The van der Waals surface area contributed by atoms with Crippen LogP contribution in [0.15, 0.2) is 48.5 Å². The highest BCUT2D eigenvalue weighted by molar-refractivity contribution is 5.85. The summed E-state index contributed by atoms with van der Waals surface area (Å²) in [7, 11) is 0. The van der Waals surface area contributed by atoms with Gasteiger partial charge in [0, 0.05) is 12.5 Å². The Kier molecular flexibility index (Phi) is 4.05. The van der Waals surface area contributed by atoms with Crippen LogP contribution in [0.5, 0.6) is 0 Å². The molecule has 1 aliphatic carbocycles. The summed E-state index contributed by atoms with van der Waals surface area (Å²) in [5, 5.41) is 0. The van der Waals surface area contributed by atoms with Crippen LogP contribution in [0.25, 0.3) is 0 Å². The Bertz CT molecular complexity index is 489. The highest BCUT2D eigenvalue weighted by atomic mass is 35.5. The van der Waals surface area contributed by atoms with E-state index < -0.39 is 0 Å². The summed E-state index contributed by atoms with van der Waals surface area (Å²) in [5.74, 6) is 0.366. The van der Waals surface area contributed by atoms with Crippen molar-refractivity contribution in [2.75, 3.05) is 6.54 Å². The number of hydrogen-bond donors (Lipinski definition) is 1. The minimum atomic E-state index is 0. The zero-order chi connectivity index (χ0) is 11.7. The first-order valence-corrected chi connectivity index (χ1v) is 6.26. The van der Waals surface area contributed by atoms with E-state index in [0.717, 1.165) is 12.8 Å². The van der Waals surface area contributed by atoms with E-state index in [2.05, 4.69) is 48.5 Å². The Morgan fingerprint density at radius 3 is 1.72 bits per heavy atom. The molecule has 0 fully saturated rings. The molecular formula is C16H18ClN. The molecule has 0 heterocycles. The predicted molar refractivity (Wildman–Crippen MR) is 78.4 cm³/mol. The first-order chi connectivity index (χ1) is 8.40. The van der Waals surface area contributed by atoms with Crippen molar-refractivity contribution in [1.82, 2.24) is 0 Å². The maximum Gasteiger partial charge on any atom is 0.0217 e. The summed E-state index contributed by atoms with van der Waals surface area (Å²) in [6.45, 7) is 0.689. The van der Waals surface area contributed by atoms with Crippen molar-refractivity contribution in [3.63, 3.8) is 0 Å². The van der Waals surface area contributed by atoms with Gasteiger partial charge in [-0.15, -0.1) is 12.4 Å². The molecule has 0 saturated heterocycles. The number of benzene rings is 2. The molecular weight excluding hydrogens is 242 g/mol. The topological polar surface area (TPSA) is 26.0 Å². The fourth-order valence-electron chi connectivity index (χ4n) is 2.89. The van der Waals surface area contributed by atoms with Crippen molar-refractivity contribution in [1.29, 1.82) is 0 Å². The van der Waals surface area contributed by atoms with Gasteiger partial charge in [-0.05, 0) is 35.1 Å². The third kappa shape index (κ3) is 2.16. The largest absolute Gasteiger partial charge is 0.330 e. The van der Waals surface area contributed by atoms with Gasteiger partial charge in [-0.25, -0.2) is 0 Å². The van der Waals surface area contributed by atoms with E-state index in [0.29, 0.717) is 12.5 Å². The molecule has 0 aliphatic heterocycles. The standard InChI is InChI=1S/C16H17N.ClH/c17-11-16-14-7-3-1-5-12(14)9-10-13-6-2-4-8-15(13)16;/h1-8,16H,9-11,17H2;1H. The molecule has 18 heavy (non-hydrogen) atoms. The highest BCUT2D eigenvalue weighted by Crippen LogP contribution is 2.33. The lowest BCUT2D eigenvalue weighted by Crippen LogP contribution is -2.15. The lowest BCUT2D eigenvalue weighted by atomic mass is 9.88. The van der Waals surface area contributed by atoms with E-state index in [-0.39, 0.29) is 12.4 Å². The van der Waals surface area contributed by atoms with Gasteiger partial charge in [0.15, 0.2) is 0 Å². The summed E-state index contributed by atoms with van der Waals surface area (Å²) < 4.78 is 0. The molecule has 0 atom stereocenters. The van der Waals surface area contributed by atoms with Gasteiger partial charge in [-0.2, -0.15) is 0 Å². The van der Waals surface area contributed by atoms with Crippen molar-refractivity contribution in [2.45, 2.75) is 18.8 Å². The lowest BCUT2D eigenvalue weighted by molar-refractivity contribution is 0.813. The average molecular weight is 260 g/mol. The number of hydrogen-bond acceptors (Lipinski definition) is 1. The van der Waals surface area contributed by atoms with Gasteiger partial charge >= 0.3 is 0 Å². The molecule has 0 amide bonds. The Hall–Kier alpha value is -1.31. The van der Waals surface area contributed by atoms with Gasteiger partial charge in [0.25, 0.3) is 0 Å². The predicted octanol–water partition coefficient (Wildman–Crippen LogP) is 3.30. The minimum Gasteiger partial charge on any atom is -0.330 e. The second-order valence-corrected chi connectivity index (χ2v) is 4.69. The summed E-state index contributed by atoms with van der Waals surface area (Å²) in [6.07, 6.45) is 2.26. The highest BCUT2D eigenvalue weighted by Gasteiger charge is 2.21.